The van der Waals surface area contributed by atoms with Crippen molar-refractivity contribution in [1.82, 2.24) is 9.78 Å². The van der Waals surface area contributed by atoms with Crippen LogP contribution >= 0.6 is 15.9 Å². The summed E-state index contributed by atoms with van der Waals surface area (Å²) in [6, 6.07) is 6.91. The number of nitrogen functional groups attached to an aromatic ring is 1. The van der Waals surface area contributed by atoms with Gasteiger partial charge in [-0.15, -0.1) is 0 Å². The molecule has 78 valence electrons. The Morgan fingerprint density at radius 3 is 2.67 bits per heavy atom. The molecule has 0 aliphatic heterocycles. The molecule has 0 amide bonds. The van der Waals surface area contributed by atoms with Gasteiger partial charge in [0.05, 0.1) is 5.69 Å². The van der Waals surface area contributed by atoms with Gasteiger partial charge in [-0.3, -0.25) is 9.89 Å². The first-order valence-corrected chi connectivity index (χ1v) is 5.21. The Labute approximate surface area is 94.8 Å². The van der Waals surface area contributed by atoms with E-state index < -0.39 is 0 Å². The molecule has 0 aliphatic carbocycles. The first-order valence-electron chi connectivity index (χ1n) is 4.42. The number of anilines is 1. The third kappa shape index (κ3) is 1.83. The molecule has 1 heterocycles. The molecule has 3 N–H and O–H groups in total. The molecule has 2 aromatic rings. The molecule has 0 saturated carbocycles. The van der Waals surface area contributed by atoms with Crippen LogP contribution in [0.4, 0.5) is 5.69 Å². The van der Waals surface area contributed by atoms with Gasteiger partial charge in [0, 0.05) is 21.9 Å². The second kappa shape index (κ2) is 3.58. The molecule has 1 aromatic carbocycles. The van der Waals surface area contributed by atoms with Crippen LogP contribution in [0.2, 0.25) is 0 Å². The fraction of sp³-hybridized carbons (Fsp3) is 0.100. The number of rotatable bonds is 1. The van der Waals surface area contributed by atoms with Gasteiger partial charge in [-0.05, 0) is 41.1 Å². The number of aryl methyl sites for hydroxylation is 1. The summed E-state index contributed by atoms with van der Waals surface area (Å²) in [4.78, 5) is 11.5. The van der Waals surface area contributed by atoms with Crippen LogP contribution in [0.1, 0.15) is 5.69 Å². The van der Waals surface area contributed by atoms with Crippen LogP contribution < -0.4 is 11.3 Å². The van der Waals surface area contributed by atoms with Crippen molar-refractivity contribution >= 4 is 21.6 Å². The second-order valence-corrected chi connectivity index (χ2v) is 4.17. The largest absolute Gasteiger partial charge is 0.398 e. The second-order valence-electron chi connectivity index (χ2n) is 3.32. The predicted molar refractivity (Wildman–Crippen MR) is 63.2 cm³/mol. The lowest BCUT2D eigenvalue weighted by Gasteiger charge is -2.04. The van der Waals surface area contributed by atoms with E-state index in [9.17, 15) is 4.79 Å². The number of aromatic amines is 1. The smallest absolute Gasteiger partial charge is 0.271 e. The first kappa shape index (κ1) is 10.0. The van der Waals surface area contributed by atoms with Gasteiger partial charge in [0.25, 0.3) is 5.56 Å². The maximum atomic E-state index is 11.5. The minimum Gasteiger partial charge on any atom is -0.398 e. The van der Waals surface area contributed by atoms with Crippen LogP contribution in [0, 0.1) is 6.92 Å². The number of nitrogens with two attached hydrogens (primary N) is 1. The van der Waals surface area contributed by atoms with Crippen molar-refractivity contribution in [2.45, 2.75) is 6.92 Å². The Kier molecular flexibility index (Phi) is 2.40. The topological polar surface area (TPSA) is 63.8 Å². The minimum atomic E-state index is -0.0887. The lowest BCUT2D eigenvalue weighted by atomic mass is 10.3. The summed E-state index contributed by atoms with van der Waals surface area (Å²) in [5, 5.41) is 2.94. The van der Waals surface area contributed by atoms with E-state index in [1.54, 1.807) is 6.07 Å². The number of halogens is 1. The van der Waals surface area contributed by atoms with Gasteiger partial charge in [0.1, 0.15) is 0 Å². The summed E-state index contributed by atoms with van der Waals surface area (Å²) in [5.41, 5.74) is 7.80. The number of benzene rings is 1. The lowest BCUT2D eigenvalue weighted by Crippen LogP contribution is -2.13. The van der Waals surface area contributed by atoms with Crippen LogP contribution in [0.5, 0.6) is 0 Å². The van der Waals surface area contributed by atoms with Crippen molar-refractivity contribution in [3.63, 3.8) is 0 Å². The fourth-order valence-corrected chi connectivity index (χ4v) is 1.62. The molecule has 0 aliphatic rings. The van der Waals surface area contributed by atoms with E-state index in [-0.39, 0.29) is 5.56 Å². The Balaban J connectivity index is 2.59. The number of hydrogen-bond donors (Lipinski definition) is 2. The highest BCUT2D eigenvalue weighted by atomic mass is 79.9. The number of aromatic nitrogens is 2. The Bertz CT molecular complexity index is 556. The molecular formula is C10H10BrN3O. The third-order valence-electron chi connectivity index (χ3n) is 2.09. The van der Waals surface area contributed by atoms with Gasteiger partial charge in [-0.25, -0.2) is 4.68 Å². The van der Waals surface area contributed by atoms with Crippen molar-refractivity contribution < 1.29 is 0 Å². The summed E-state index contributed by atoms with van der Waals surface area (Å²) in [6.45, 7) is 1.83. The van der Waals surface area contributed by atoms with Gasteiger partial charge in [0.2, 0.25) is 0 Å². The summed E-state index contributed by atoms with van der Waals surface area (Å²) in [7, 11) is 0. The minimum absolute atomic E-state index is 0.0887. The third-order valence-corrected chi connectivity index (χ3v) is 2.81. The summed E-state index contributed by atoms with van der Waals surface area (Å²) in [6.07, 6.45) is 0. The van der Waals surface area contributed by atoms with Crippen LogP contribution in [0.25, 0.3) is 5.69 Å². The standard InChI is InChI=1S/C10H10BrN3O/c1-6-4-10(15)14(13-6)7-2-3-8(11)9(12)5-7/h2-5,13H,12H2,1H3. The van der Waals surface area contributed by atoms with Crippen LogP contribution in [-0.4, -0.2) is 9.78 Å². The zero-order valence-electron chi connectivity index (χ0n) is 8.12. The normalized spacial score (nSPS) is 10.5. The summed E-state index contributed by atoms with van der Waals surface area (Å²) >= 11 is 3.30. The van der Waals surface area contributed by atoms with Gasteiger partial charge in [-0.2, -0.15) is 0 Å². The average molecular weight is 268 g/mol. The number of nitrogens with zero attached hydrogens (tertiary/aromatic N) is 1. The van der Waals surface area contributed by atoms with Crippen LogP contribution in [-0.2, 0) is 0 Å². The van der Waals surface area contributed by atoms with Crippen molar-refractivity contribution in [2.75, 3.05) is 5.73 Å². The maximum absolute atomic E-state index is 11.5. The molecule has 0 spiro atoms. The van der Waals surface area contributed by atoms with Gasteiger partial charge >= 0.3 is 0 Å². The molecule has 2 rings (SSSR count). The van der Waals surface area contributed by atoms with Crippen LogP contribution in [0.15, 0.2) is 33.5 Å². The number of nitrogens with one attached hydrogen (secondary N) is 1. The zero-order valence-corrected chi connectivity index (χ0v) is 9.71. The highest BCUT2D eigenvalue weighted by Crippen LogP contribution is 2.21. The first-order chi connectivity index (χ1) is 7.08. The fourth-order valence-electron chi connectivity index (χ4n) is 1.38. The van der Waals surface area contributed by atoms with Crippen molar-refractivity contribution in [1.29, 1.82) is 0 Å². The highest BCUT2D eigenvalue weighted by molar-refractivity contribution is 9.10. The molecule has 0 unspecified atom stereocenters. The van der Waals surface area contributed by atoms with Gasteiger partial charge in [-0.1, -0.05) is 0 Å². The molecule has 0 bridgehead atoms. The van der Waals surface area contributed by atoms with E-state index in [0.717, 1.165) is 15.9 Å². The Morgan fingerprint density at radius 2 is 2.13 bits per heavy atom. The predicted octanol–water partition coefficient (Wildman–Crippen LogP) is 1.82. The average Bonchev–Trinajstić information content (AvgIpc) is 2.50. The molecule has 0 saturated heterocycles. The summed E-state index contributed by atoms with van der Waals surface area (Å²) in [5.74, 6) is 0. The quantitative estimate of drug-likeness (QED) is 0.775. The van der Waals surface area contributed by atoms with Crippen LogP contribution in [0.3, 0.4) is 0 Å². The van der Waals surface area contributed by atoms with Gasteiger partial charge < -0.3 is 5.73 Å². The maximum Gasteiger partial charge on any atom is 0.271 e. The molecule has 0 fully saturated rings. The Morgan fingerprint density at radius 1 is 1.40 bits per heavy atom. The molecule has 4 nitrogen and oxygen atoms in total. The SMILES string of the molecule is Cc1cc(=O)n(-c2ccc(Br)c(N)c2)[nH]1. The summed E-state index contributed by atoms with van der Waals surface area (Å²) < 4.78 is 2.28. The molecule has 0 atom stereocenters. The molecule has 5 heteroatoms. The van der Waals surface area contributed by atoms with E-state index in [2.05, 4.69) is 21.0 Å². The van der Waals surface area contributed by atoms with E-state index in [1.807, 2.05) is 19.1 Å². The van der Waals surface area contributed by atoms with Crippen molar-refractivity contribution in [3.05, 3.63) is 44.8 Å². The van der Waals surface area contributed by atoms with Crippen molar-refractivity contribution in [3.8, 4) is 5.69 Å². The van der Waals surface area contributed by atoms with E-state index in [1.165, 1.54) is 10.7 Å². The number of hydrogen-bond acceptors (Lipinski definition) is 2. The van der Waals surface area contributed by atoms with E-state index in [4.69, 9.17) is 5.73 Å². The molecule has 15 heavy (non-hydrogen) atoms. The monoisotopic (exact) mass is 267 g/mol. The number of H-pyrrole nitrogens is 1. The van der Waals surface area contributed by atoms with E-state index in [0.29, 0.717) is 5.69 Å². The zero-order chi connectivity index (χ0) is 11.0. The van der Waals surface area contributed by atoms with E-state index >= 15 is 0 Å². The Hall–Kier alpha value is -1.49. The lowest BCUT2D eigenvalue weighted by molar-refractivity contribution is 0.835. The van der Waals surface area contributed by atoms with Gasteiger partial charge in [0.15, 0.2) is 0 Å². The molecule has 0 radical (unpaired) electrons. The highest BCUT2D eigenvalue weighted by Gasteiger charge is 2.04. The van der Waals surface area contributed by atoms with Crippen molar-refractivity contribution in [2.24, 2.45) is 0 Å². The molecular weight excluding hydrogens is 258 g/mol. The molecule has 1 aromatic heterocycles.